The summed E-state index contributed by atoms with van der Waals surface area (Å²) < 4.78 is 5.13. The standard InChI is InChI=1S/C14H20N2O2/c1-11-10-14(17)16(9-3-8-15-11)12-4-6-13(18-2)7-5-12/h4-7,11,15H,3,8-10H2,1-2H3. The Labute approximate surface area is 108 Å². The van der Waals surface area contributed by atoms with Crippen molar-refractivity contribution >= 4 is 11.6 Å². The van der Waals surface area contributed by atoms with E-state index in [1.165, 1.54) is 0 Å². The number of carbonyl (C=O) groups excluding carboxylic acids is 1. The van der Waals surface area contributed by atoms with Gasteiger partial charge in [-0.3, -0.25) is 4.79 Å². The molecule has 98 valence electrons. The van der Waals surface area contributed by atoms with E-state index < -0.39 is 0 Å². The van der Waals surface area contributed by atoms with E-state index in [1.54, 1.807) is 7.11 Å². The highest BCUT2D eigenvalue weighted by Gasteiger charge is 2.20. The van der Waals surface area contributed by atoms with Crippen LogP contribution < -0.4 is 15.0 Å². The molecule has 0 spiro atoms. The van der Waals surface area contributed by atoms with Gasteiger partial charge in [0.15, 0.2) is 0 Å². The molecule has 0 bridgehead atoms. The average molecular weight is 248 g/mol. The number of anilines is 1. The number of benzene rings is 1. The van der Waals surface area contributed by atoms with Crippen LogP contribution in [-0.2, 0) is 4.79 Å². The van der Waals surface area contributed by atoms with E-state index in [2.05, 4.69) is 12.2 Å². The highest BCUT2D eigenvalue weighted by molar-refractivity contribution is 5.93. The maximum Gasteiger partial charge on any atom is 0.228 e. The normalized spacial score (nSPS) is 21.3. The van der Waals surface area contributed by atoms with Crippen molar-refractivity contribution in [1.29, 1.82) is 0 Å². The van der Waals surface area contributed by atoms with Crippen molar-refractivity contribution in [3.63, 3.8) is 0 Å². The number of hydrogen-bond acceptors (Lipinski definition) is 3. The quantitative estimate of drug-likeness (QED) is 0.867. The lowest BCUT2D eigenvalue weighted by atomic mass is 10.1. The Balaban J connectivity index is 2.15. The molecule has 18 heavy (non-hydrogen) atoms. The van der Waals surface area contributed by atoms with E-state index >= 15 is 0 Å². The largest absolute Gasteiger partial charge is 0.497 e. The molecule has 1 aliphatic heterocycles. The molecule has 0 radical (unpaired) electrons. The second-order valence-corrected chi connectivity index (χ2v) is 4.66. The van der Waals surface area contributed by atoms with Gasteiger partial charge in [-0.15, -0.1) is 0 Å². The summed E-state index contributed by atoms with van der Waals surface area (Å²) in [6.45, 7) is 3.78. The molecule has 1 N–H and O–H groups in total. The number of ether oxygens (including phenoxy) is 1. The summed E-state index contributed by atoms with van der Waals surface area (Å²) in [6, 6.07) is 7.91. The maximum absolute atomic E-state index is 12.2. The number of carbonyl (C=O) groups is 1. The van der Waals surface area contributed by atoms with E-state index in [-0.39, 0.29) is 11.9 Å². The maximum atomic E-state index is 12.2. The minimum atomic E-state index is 0.180. The van der Waals surface area contributed by atoms with Gasteiger partial charge >= 0.3 is 0 Å². The van der Waals surface area contributed by atoms with Crippen LogP contribution in [0, 0.1) is 0 Å². The first-order valence-corrected chi connectivity index (χ1v) is 6.38. The summed E-state index contributed by atoms with van der Waals surface area (Å²) in [5.41, 5.74) is 0.954. The Morgan fingerprint density at radius 2 is 2.06 bits per heavy atom. The van der Waals surface area contributed by atoms with Gasteiger partial charge in [-0.2, -0.15) is 0 Å². The second kappa shape index (κ2) is 5.87. The molecule has 0 saturated carbocycles. The summed E-state index contributed by atoms with van der Waals surface area (Å²) >= 11 is 0. The van der Waals surface area contributed by atoms with Gasteiger partial charge in [-0.05, 0) is 44.2 Å². The molecule has 1 amide bonds. The Morgan fingerprint density at radius 3 is 2.72 bits per heavy atom. The Hall–Kier alpha value is -1.55. The molecule has 1 heterocycles. The Bertz CT molecular complexity index is 403. The summed E-state index contributed by atoms with van der Waals surface area (Å²) in [5.74, 6) is 0.994. The zero-order valence-electron chi connectivity index (χ0n) is 11.0. The zero-order chi connectivity index (χ0) is 13.0. The van der Waals surface area contributed by atoms with Crippen LogP contribution >= 0.6 is 0 Å². The van der Waals surface area contributed by atoms with Crippen molar-refractivity contribution in [2.45, 2.75) is 25.8 Å². The highest BCUT2D eigenvalue weighted by Crippen LogP contribution is 2.21. The Morgan fingerprint density at radius 1 is 1.33 bits per heavy atom. The van der Waals surface area contributed by atoms with Crippen LogP contribution in [0.5, 0.6) is 5.75 Å². The number of hydrogen-bond donors (Lipinski definition) is 1. The first-order chi connectivity index (χ1) is 8.70. The van der Waals surface area contributed by atoms with Gasteiger partial charge in [-0.25, -0.2) is 0 Å². The molecule has 2 rings (SSSR count). The van der Waals surface area contributed by atoms with Crippen molar-refractivity contribution < 1.29 is 9.53 Å². The lowest BCUT2D eigenvalue weighted by Crippen LogP contribution is -2.42. The van der Waals surface area contributed by atoms with Crippen molar-refractivity contribution in [2.24, 2.45) is 0 Å². The summed E-state index contributed by atoms with van der Waals surface area (Å²) in [6.07, 6.45) is 1.52. The topological polar surface area (TPSA) is 41.6 Å². The molecular formula is C14H20N2O2. The van der Waals surface area contributed by atoms with Gasteiger partial charge in [-0.1, -0.05) is 0 Å². The van der Waals surface area contributed by atoms with Crippen LogP contribution in [0.3, 0.4) is 0 Å². The number of nitrogens with one attached hydrogen (secondary N) is 1. The summed E-state index contributed by atoms with van der Waals surface area (Å²) in [7, 11) is 1.64. The summed E-state index contributed by atoms with van der Waals surface area (Å²) in [4.78, 5) is 14.1. The third-order valence-corrected chi connectivity index (χ3v) is 3.22. The molecule has 1 aromatic rings. The molecule has 1 saturated heterocycles. The minimum Gasteiger partial charge on any atom is -0.497 e. The van der Waals surface area contributed by atoms with Gasteiger partial charge in [0.25, 0.3) is 0 Å². The van der Waals surface area contributed by atoms with Crippen LogP contribution in [-0.4, -0.2) is 32.1 Å². The van der Waals surface area contributed by atoms with Gasteiger partial charge in [0.05, 0.1) is 7.11 Å². The smallest absolute Gasteiger partial charge is 0.228 e. The number of amides is 1. The highest BCUT2D eigenvalue weighted by atomic mass is 16.5. The first kappa shape index (κ1) is 12.9. The SMILES string of the molecule is COc1ccc(N2CCCNC(C)CC2=O)cc1. The van der Waals surface area contributed by atoms with Crippen molar-refractivity contribution in [2.75, 3.05) is 25.1 Å². The predicted molar refractivity (Wildman–Crippen MR) is 72.0 cm³/mol. The molecule has 4 heteroatoms. The van der Waals surface area contributed by atoms with Crippen LogP contribution in [0.2, 0.25) is 0 Å². The molecule has 1 fully saturated rings. The predicted octanol–water partition coefficient (Wildman–Crippen LogP) is 1.80. The summed E-state index contributed by atoms with van der Waals surface area (Å²) in [5, 5.41) is 3.34. The van der Waals surface area contributed by atoms with Crippen molar-refractivity contribution in [1.82, 2.24) is 5.32 Å². The number of rotatable bonds is 2. The van der Waals surface area contributed by atoms with Crippen molar-refractivity contribution in [3.8, 4) is 5.75 Å². The first-order valence-electron chi connectivity index (χ1n) is 6.38. The van der Waals surface area contributed by atoms with Crippen LogP contribution in [0.25, 0.3) is 0 Å². The fourth-order valence-electron chi connectivity index (χ4n) is 2.19. The van der Waals surface area contributed by atoms with Crippen molar-refractivity contribution in [3.05, 3.63) is 24.3 Å². The minimum absolute atomic E-state index is 0.180. The van der Waals surface area contributed by atoms with Gasteiger partial charge in [0.2, 0.25) is 5.91 Å². The van der Waals surface area contributed by atoms with Crippen LogP contribution in [0.15, 0.2) is 24.3 Å². The Kier molecular flexibility index (Phi) is 4.20. The fourth-order valence-corrected chi connectivity index (χ4v) is 2.19. The lowest BCUT2D eigenvalue weighted by Gasteiger charge is -2.27. The van der Waals surface area contributed by atoms with Gasteiger partial charge in [0.1, 0.15) is 5.75 Å². The molecule has 0 aromatic heterocycles. The molecule has 1 unspecified atom stereocenters. The molecule has 1 aromatic carbocycles. The third-order valence-electron chi connectivity index (χ3n) is 3.22. The number of methoxy groups -OCH3 is 1. The molecule has 0 aliphatic carbocycles. The van der Waals surface area contributed by atoms with E-state index in [9.17, 15) is 4.79 Å². The van der Waals surface area contributed by atoms with E-state index in [0.717, 1.165) is 30.9 Å². The second-order valence-electron chi connectivity index (χ2n) is 4.66. The molecule has 1 aliphatic rings. The van der Waals surface area contributed by atoms with E-state index in [1.807, 2.05) is 29.2 Å². The molecule has 4 nitrogen and oxygen atoms in total. The molecular weight excluding hydrogens is 228 g/mol. The molecule has 1 atom stereocenters. The lowest BCUT2D eigenvalue weighted by molar-refractivity contribution is -0.119. The van der Waals surface area contributed by atoms with E-state index in [0.29, 0.717) is 6.42 Å². The van der Waals surface area contributed by atoms with E-state index in [4.69, 9.17) is 4.74 Å². The van der Waals surface area contributed by atoms with Crippen LogP contribution in [0.4, 0.5) is 5.69 Å². The van der Waals surface area contributed by atoms with Crippen LogP contribution in [0.1, 0.15) is 19.8 Å². The average Bonchev–Trinajstić information content (AvgIpc) is 2.37. The third kappa shape index (κ3) is 3.01. The fraction of sp³-hybridized carbons (Fsp3) is 0.500. The van der Waals surface area contributed by atoms with Gasteiger partial charge < -0.3 is 15.0 Å². The van der Waals surface area contributed by atoms with Gasteiger partial charge in [0, 0.05) is 24.7 Å². The zero-order valence-corrected chi connectivity index (χ0v) is 11.0. The monoisotopic (exact) mass is 248 g/mol. The number of nitrogens with zero attached hydrogens (tertiary/aromatic N) is 1.